The first-order valence-corrected chi connectivity index (χ1v) is 8.70. The Kier molecular flexibility index (Phi) is 4.24. The molecule has 0 aliphatic rings. The number of anilines is 1. The van der Waals surface area contributed by atoms with Gasteiger partial charge < -0.3 is 4.42 Å². The molecule has 0 bridgehead atoms. The van der Waals surface area contributed by atoms with Crippen molar-refractivity contribution in [1.82, 2.24) is 24.3 Å². The molecule has 2 N–H and O–H groups in total. The highest BCUT2D eigenvalue weighted by Crippen LogP contribution is 2.29. The fraction of sp³-hybridized carbons (Fsp3) is 0.188. The lowest BCUT2D eigenvalue weighted by Gasteiger charge is -2.03. The topological polar surface area (TPSA) is 128 Å². The van der Waals surface area contributed by atoms with Crippen LogP contribution in [0, 0.1) is 0 Å². The van der Waals surface area contributed by atoms with Crippen molar-refractivity contribution in [3.63, 3.8) is 0 Å². The molecule has 0 fully saturated rings. The van der Waals surface area contributed by atoms with Gasteiger partial charge in [-0.2, -0.15) is 10.1 Å². The van der Waals surface area contributed by atoms with Crippen molar-refractivity contribution in [3.8, 4) is 0 Å². The maximum absolute atomic E-state index is 12.4. The minimum Gasteiger partial charge on any atom is -0.423 e. The number of hydrogen-bond donors (Lipinski definition) is 2. The third-order valence-electron chi connectivity index (χ3n) is 4.25. The van der Waals surface area contributed by atoms with Crippen LogP contribution >= 0.6 is 23.2 Å². The number of halogens is 2. The van der Waals surface area contributed by atoms with E-state index in [1.54, 1.807) is 0 Å². The molecule has 12 heteroatoms. The Bertz CT molecular complexity index is 1340. The normalized spacial score (nSPS) is 11.4. The summed E-state index contributed by atoms with van der Waals surface area (Å²) in [4.78, 5) is 40.9. The first-order valence-electron chi connectivity index (χ1n) is 7.94. The summed E-state index contributed by atoms with van der Waals surface area (Å²) in [6.45, 7) is 0. The number of aromatic amines is 1. The van der Waals surface area contributed by atoms with Gasteiger partial charge in [-0.1, -0.05) is 23.2 Å². The second-order valence-corrected chi connectivity index (χ2v) is 6.90. The highest BCUT2D eigenvalue weighted by molar-refractivity contribution is 6.42. The predicted molar refractivity (Wildman–Crippen MR) is 103 cm³/mol. The zero-order valence-corrected chi connectivity index (χ0v) is 16.1. The molecule has 0 aliphatic carbocycles. The molecule has 4 rings (SSSR count). The number of amides is 1. The van der Waals surface area contributed by atoms with Gasteiger partial charge in [0.2, 0.25) is 5.91 Å². The number of H-pyrrole nitrogens is 1. The third kappa shape index (κ3) is 2.86. The molecule has 0 aliphatic heterocycles. The van der Waals surface area contributed by atoms with Crippen LogP contribution in [-0.4, -0.2) is 30.2 Å². The van der Waals surface area contributed by atoms with Gasteiger partial charge in [0.25, 0.3) is 5.56 Å². The minimum atomic E-state index is -0.541. The Morgan fingerprint density at radius 3 is 2.68 bits per heavy atom. The van der Waals surface area contributed by atoms with Gasteiger partial charge in [-0.05, 0) is 6.07 Å². The summed E-state index contributed by atoms with van der Waals surface area (Å²) >= 11 is 11.9. The number of nitrogens with zero attached hydrogens (tertiary/aromatic N) is 4. The average molecular weight is 423 g/mol. The van der Waals surface area contributed by atoms with Gasteiger partial charge in [-0.15, -0.1) is 0 Å². The van der Waals surface area contributed by atoms with E-state index in [0.717, 1.165) is 4.57 Å². The number of aromatic nitrogens is 5. The fourth-order valence-corrected chi connectivity index (χ4v) is 3.15. The molecule has 144 valence electrons. The lowest BCUT2D eigenvalue weighted by molar-refractivity contribution is -0.115. The van der Waals surface area contributed by atoms with Crippen molar-refractivity contribution in [2.75, 3.05) is 5.32 Å². The Balaban J connectivity index is 1.64. The maximum Gasteiger partial charge on any atom is 0.332 e. The third-order valence-corrected chi connectivity index (χ3v) is 4.97. The molecule has 3 heterocycles. The molecule has 28 heavy (non-hydrogen) atoms. The van der Waals surface area contributed by atoms with E-state index in [9.17, 15) is 14.4 Å². The zero-order chi connectivity index (χ0) is 20.2. The summed E-state index contributed by atoms with van der Waals surface area (Å²) in [5, 5.41) is 9.89. The second-order valence-electron chi connectivity index (χ2n) is 6.08. The molecule has 1 aromatic carbocycles. The number of hydrogen-bond acceptors (Lipinski definition) is 6. The molecular weight excluding hydrogens is 411 g/mol. The summed E-state index contributed by atoms with van der Waals surface area (Å²) in [5.41, 5.74) is 0.179. The van der Waals surface area contributed by atoms with Crippen molar-refractivity contribution in [2.45, 2.75) is 6.42 Å². The summed E-state index contributed by atoms with van der Waals surface area (Å²) in [6, 6.07) is 2.97. The van der Waals surface area contributed by atoms with E-state index in [2.05, 4.69) is 20.5 Å². The Hall–Kier alpha value is -3.11. The first-order chi connectivity index (χ1) is 13.3. The zero-order valence-electron chi connectivity index (χ0n) is 14.5. The van der Waals surface area contributed by atoms with Crippen LogP contribution in [0.2, 0.25) is 10.0 Å². The van der Waals surface area contributed by atoms with E-state index >= 15 is 0 Å². The predicted octanol–water partition coefficient (Wildman–Crippen LogP) is 1.59. The molecule has 1 amide bonds. The lowest BCUT2D eigenvalue weighted by Crippen LogP contribution is -2.37. The number of nitrogens with one attached hydrogen (secondary N) is 2. The summed E-state index contributed by atoms with van der Waals surface area (Å²) in [5.74, 6) is -0.495. The molecule has 10 nitrogen and oxygen atoms in total. The standard InChI is InChI=1S/C16H12Cl2N6O4/c1-23-13-12(14(26)24(2)16(23)27)9(21-22-13)5-11(25)20-15-19-8-3-6(17)7(18)4-10(8)28-15/h3-4H,5H2,1-2H3,(H,21,22)(H,19,20,25). The van der Waals surface area contributed by atoms with Gasteiger partial charge in [-0.25, -0.2) is 4.79 Å². The van der Waals surface area contributed by atoms with Crippen molar-refractivity contribution < 1.29 is 9.21 Å². The van der Waals surface area contributed by atoms with Crippen LogP contribution in [0.25, 0.3) is 22.1 Å². The smallest absolute Gasteiger partial charge is 0.332 e. The number of aryl methyl sites for hydroxylation is 1. The number of carbonyl (C=O) groups excluding carboxylic acids is 1. The van der Waals surface area contributed by atoms with Gasteiger partial charge in [0.15, 0.2) is 11.2 Å². The molecule has 3 aromatic heterocycles. The van der Waals surface area contributed by atoms with E-state index in [1.807, 2.05) is 0 Å². The molecule has 4 aromatic rings. The first kappa shape index (κ1) is 18.3. The van der Waals surface area contributed by atoms with Gasteiger partial charge in [0.05, 0.1) is 22.2 Å². The molecule has 0 saturated heterocycles. The average Bonchev–Trinajstić information content (AvgIpc) is 3.22. The molecule has 0 saturated carbocycles. The van der Waals surface area contributed by atoms with E-state index in [0.29, 0.717) is 21.1 Å². The van der Waals surface area contributed by atoms with Crippen LogP contribution in [0.5, 0.6) is 0 Å². The summed E-state index contributed by atoms with van der Waals surface area (Å²) in [6.07, 6.45) is -0.204. The van der Waals surface area contributed by atoms with Crippen molar-refractivity contribution >= 4 is 57.3 Å². The number of oxazole rings is 1. The molecule has 0 atom stereocenters. The van der Waals surface area contributed by atoms with Crippen molar-refractivity contribution in [1.29, 1.82) is 0 Å². The van der Waals surface area contributed by atoms with Gasteiger partial charge in [0.1, 0.15) is 10.9 Å². The van der Waals surface area contributed by atoms with Crippen molar-refractivity contribution in [2.24, 2.45) is 14.1 Å². The minimum absolute atomic E-state index is 0.0394. The lowest BCUT2D eigenvalue weighted by atomic mass is 10.2. The number of rotatable bonds is 3. The van der Waals surface area contributed by atoms with Gasteiger partial charge in [-0.3, -0.25) is 29.1 Å². The number of fused-ring (bicyclic) bond motifs is 2. The van der Waals surface area contributed by atoms with Gasteiger partial charge in [0, 0.05) is 20.2 Å². The fourth-order valence-electron chi connectivity index (χ4n) is 2.83. The highest BCUT2D eigenvalue weighted by atomic mass is 35.5. The Labute approximate surface area is 165 Å². The van der Waals surface area contributed by atoms with E-state index in [-0.39, 0.29) is 29.2 Å². The van der Waals surface area contributed by atoms with Crippen LogP contribution in [-0.2, 0) is 25.3 Å². The monoisotopic (exact) mass is 422 g/mol. The second kappa shape index (κ2) is 6.50. The summed E-state index contributed by atoms with van der Waals surface area (Å²) in [7, 11) is 2.85. The largest absolute Gasteiger partial charge is 0.423 e. The van der Waals surface area contributed by atoms with E-state index < -0.39 is 17.2 Å². The number of carbonyl (C=O) groups is 1. The van der Waals surface area contributed by atoms with Gasteiger partial charge >= 0.3 is 11.7 Å². The molecule has 0 radical (unpaired) electrons. The van der Waals surface area contributed by atoms with Crippen LogP contribution in [0.1, 0.15) is 5.69 Å². The quantitative estimate of drug-likeness (QED) is 0.515. The SMILES string of the molecule is Cn1c(=O)c2c(CC(=O)Nc3nc4cc(Cl)c(Cl)cc4o3)[nH]nc2n(C)c1=O. The van der Waals surface area contributed by atoms with E-state index in [1.165, 1.54) is 30.8 Å². The van der Waals surface area contributed by atoms with Crippen LogP contribution < -0.4 is 16.6 Å². The maximum atomic E-state index is 12.4. The van der Waals surface area contributed by atoms with E-state index in [4.69, 9.17) is 27.6 Å². The number of benzene rings is 1. The Morgan fingerprint density at radius 1 is 1.21 bits per heavy atom. The summed E-state index contributed by atoms with van der Waals surface area (Å²) < 4.78 is 7.61. The van der Waals surface area contributed by atoms with Crippen LogP contribution in [0.15, 0.2) is 26.1 Å². The van der Waals surface area contributed by atoms with Crippen LogP contribution in [0.4, 0.5) is 6.01 Å². The van der Waals surface area contributed by atoms with Crippen LogP contribution in [0.3, 0.4) is 0 Å². The molecule has 0 unspecified atom stereocenters. The Morgan fingerprint density at radius 2 is 1.93 bits per heavy atom. The molecule has 0 spiro atoms. The highest BCUT2D eigenvalue weighted by Gasteiger charge is 2.19. The van der Waals surface area contributed by atoms with Crippen molar-refractivity contribution in [3.05, 3.63) is 48.7 Å². The molecular formula is C16H12Cl2N6O4.